The van der Waals surface area contributed by atoms with Crippen LogP contribution in [0.5, 0.6) is 0 Å². The molecule has 44 heavy (non-hydrogen) atoms. The van der Waals surface area contributed by atoms with Crippen molar-refractivity contribution in [2.24, 2.45) is 0 Å². The molecule has 2 unspecified atom stereocenters. The predicted molar refractivity (Wildman–Crippen MR) is 165 cm³/mol. The number of anilines is 2. The van der Waals surface area contributed by atoms with Crippen LogP contribution in [-0.2, 0) is 21.2 Å². The van der Waals surface area contributed by atoms with Crippen LogP contribution in [0.4, 0.5) is 20.4 Å². The van der Waals surface area contributed by atoms with Gasteiger partial charge in [-0.25, -0.2) is 27.2 Å². The van der Waals surface area contributed by atoms with Crippen LogP contribution in [0.3, 0.4) is 0 Å². The van der Waals surface area contributed by atoms with Gasteiger partial charge in [-0.15, -0.1) is 0 Å². The summed E-state index contributed by atoms with van der Waals surface area (Å²) in [6, 6.07) is 9.78. The monoisotopic (exact) mass is 643 g/mol. The first kappa shape index (κ1) is 30.6. The number of halogens is 3. The molecule has 2 heterocycles. The fraction of sp³-hybridized carbons (Fsp3) is 0.355. The van der Waals surface area contributed by atoms with Crippen molar-refractivity contribution in [1.82, 2.24) is 14.9 Å². The number of nitrogens with one attached hydrogen (secondary N) is 2. The van der Waals surface area contributed by atoms with Gasteiger partial charge in [-0.1, -0.05) is 17.7 Å². The Hall–Kier alpha value is -3.42. The van der Waals surface area contributed by atoms with E-state index in [1.807, 2.05) is 0 Å². The van der Waals surface area contributed by atoms with Crippen LogP contribution in [-0.4, -0.2) is 67.8 Å². The Morgan fingerprint density at radius 2 is 2.00 bits per heavy atom. The lowest BCUT2D eigenvalue weighted by Gasteiger charge is -2.32. The molecule has 2 atom stereocenters. The molecule has 3 N–H and O–H groups in total. The summed E-state index contributed by atoms with van der Waals surface area (Å²) in [5, 5.41) is 14.3. The molecule has 0 radical (unpaired) electrons. The summed E-state index contributed by atoms with van der Waals surface area (Å²) in [6.07, 6.45) is 3.48. The Labute approximate surface area is 259 Å². The molecule has 1 aromatic heterocycles. The van der Waals surface area contributed by atoms with Crippen LogP contribution >= 0.6 is 11.6 Å². The van der Waals surface area contributed by atoms with E-state index >= 15 is 8.78 Å². The van der Waals surface area contributed by atoms with Gasteiger partial charge in [-0.2, -0.15) is 0 Å². The highest BCUT2D eigenvalue weighted by Gasteiger charge is 2.30. The van der Waals surface area contributed by atoms with Crippen LogP contribution in [0.25, 0.3) is 22.0 Å². The van der Waals surface area contributed by atoms with Crippen molar-refractivity contribution >= 4 is 44.2 Å². The number of aromatic nitrogens is 2. The molecule has 6 rings (SSSR count). The molecule has 1 fully saturated rings. The third-order valence-electron chi connectivity index (χ3n) is 8.18. The maximum atomic E-state index is 15.8. The standard InChI is InChI=1S/C31H32ClF2N5O4S/c1-43-12-11-39-10-2-3-21(17-39)36-31-35-16-19-13-18(4-7-25(19)37-31)29-24(33)6-8-26(30(29)34)38-44(41,42)28-15-20(32)14-23-22(28)5-9-27(23)40/h4,6-8,13-16,21,27,38,40H,2-3,5,9-12,17H2,1H3,(H,35,36,37). The second-order valence-electron chi connectivity index (χ2n) is 11.2. The van der Waals surface area contributed by atoms with Gasteiger partial charge in [0.25, 0.3) is 10.0 Å². The summed E-state index contributed by atoms with van der Waals surface area (Å²) in [4.78, 5) is 11.2. The maximum absolute atomic E-state index is 15.8. The first-order chi connectivity index (χ1) is 21.1. The number of hydrogen-bond donors (Lipinski definition) is 3. The molecule has 9 nitrogen and oxygen atoms in total. The van der Waals surface area contributed by atoms with Crippen LogP contribution in [0.1, 0.15) is 36.5 Å². The highest BCUT2D eigenvalue weighted by atomic mass is 35.5. The lowest BCUT2D eigenvalue weighted by molar-refractivity contribution is 0.131. The number of benzene rings is 3. The average molecular weight is 644 g/mol. The van der Waals surface area contributed by atoms with Gasteiger partial charge in [-0.05, 0) is 85.3 Å². The Morgan fingerprint density at radius 3 is 2.82 bits per heavy atom. The number of methoxy groups -OCH3 is 1. The predicted octanol–water partition coefficient (Wildman–Crippen LogP) is 5.53. The van der Waals surface area contributed by atoms with E-state index in [2.05, 4.69) is 24.9 Å². The molecule has 232 valence electrons. The quantitative estimate of drug-likeness (QED) is 0.218. The summed E-state index contributed by atoms with van der Waals surface area (Å²) in [7, 11) is -2.63. The van der Waals surface area contributed by atoms with Crippen molar-refractivity contribution in [2.45, 2.75) is 42.7 Å². The van der Waals surface area contributed by atoms with Gasteiger partial charge >= 0.3 is 0 Å². The first-order valence-corrected chi connectivity index (χ1v) is 16.3. The van der Waals surface area contributed by atoms with Crippen molar-refractivity contribution in [3.63, 3.8) is 0 Å². The van der Waals surface area contributed by atoms with Crippen molar-refractivity contribution in [2.75, 3.05) is 43.4 Å². The highest BCUT2D eigenvalue weighted by Crippen LogP contribution is 2.39. The minimum absolute atomic E-state index is 0.130. The van der Waals surface area contributed by atoms with Gasteiger partial charge in [0.2, 0.25) is 5.95 Å². The van der Waals surface area contributed by atoms with E-state index in [-0.39, 0.29) is 27.1 Å². The van der Waals surface area contributed by atoms with Gasteiger partial charge in [0.05, 0.1) is 34.4 Å². The van der Waals surface area contributed by atoms with Crippen LogP contribution in [0.15, 0.2) is 53.6 Å². The number of sulfonamides is 1. The van der Waals surface area contributed by atoms with Gasteiger partial charge in [0.15, 0.2) is 5.82 Å². The molecule has 0 spiro atoms. The van der Waals surface area contributed by atoms with E-state index in [1.165, 1.54) is 18.2 Å². The minimum atomic E-state index is -4.32. The fourth-order valence-electron chi connectivity index (χ4n) is 6.01. The summed E-state index contributed by atoms with van der Waals surface area (Å²) < 4.78 is 65.1. The first-order valence-electron chi connectivity index (χ1n) is 14.4. The number of fused-ring (bicyclic) bond motifs is 2. The Balaban J connectivity index is 1.25. The van der Waals surface area contributed by atoms with E-state index in [1.54, 1.807) is 25.4 Å². The molecular weight excluding hydrogens is 612 g/mol. The molecule has 13 heteroatoms. The lowest BCUT2D eigenvalue weighted by Crippen LogP contribution is -2.43. The topological polar surface area (TPSA) is 117 Å². The number of likely N-dealkylation sites (tertiary alicyclic amines) is 1. The summed E-state index contributed by atoms with van der Waals surface area (Å²) in [5.74, 6) is -1.45. The van der Waals surface area contributed by atoms with Gasteiger partial charge in [0.1, 0.15) is 5.82 Å². The third kappa shape index (κ3) is 6.22. The second kappa shape index (κ2) is 12.5. The van der Waals surface area contributed by atoms with Crippen LogP contribution in [0, 0.1) is 11.6 Å². The molecular formula is C31H32ClF2N5O4S. The second-order valence-corrected chi connectivity index (χ2v) is 13.2. The van der Waals surface area contributed by atoms with E-state index in [0.717, 1.165) is 44.6 Å². The van der Waals surface area contributed by atoms with Gasteiger partial charge in [0, 0.05) is 42.8 Å². The largest absolute Gasteiger partial charge is 0.388 e. The Morgan fingerprint density at radius 1 is 1.16 bits per heavy atom. The molecule has 2 aliphatic rings. The number of ether oxygens (including phenoxy) is 1. The average Bonchev–Trinajstić information content (AvgIpc) is 3.37. The van der Waals surface area contributed by atoms with Crippen molar-refractivity contribution < 1.29 is 27.0 Å². The Kier molecular flexibility index (Phi) is 8.71. The van der Waals surface area contributed by atoms with Crippen LogP contribution < -0.4 is 10.0 Å². The molecule has 1 aliphatic heterocycles. The molecule has 4 aromatic rings. The third-order valence-corrected chi connectivity index (χ3v) is 9.83. The zero-order valence-electron chi connectivity index (χ0n) is 24.0. The molecule has 3 aromatic carbocycles. The maximum Gasteiger partial charge on any atom is 0.262 e. The molecule has 0 amide bonds. The molecule has 1 aliphatic carbocycles. The Bertz CT molecular complexity index is 1830. The van der Waals surface area contributed by atoms with E-state index in [9.17, 15) is 13.5 Å². The number of rotatable bonds is 9. The molecule has 0 bridgehead atoms. The fourth-order valence-corrected chi connectivity index (χ4v) is 7.68. The molecule has 0 saturated carbocycles. The number of nitrogens with zero attached hydrogens (tertiary/aromatic N) is 3. The minimum Gasteiger partial charge on any atom is -0.388 e. The number of aliphatic hydroxyl groups excluding tert-OH is 1. The van der Waals surface area contributed by atoms with Crippen molar-refractivity contribution in [1.29, 1.82) is 0 Å². The van der Waals surface area contributed by atoms with Gasteiger partial charge < -0.3 is 15.2 Å². The lowest BCUT2D eigenvalue weighted by atomic mass is 10.0. The number of aliphatic hydroxyl groups is 1. The smallest absolute Gasteiger partial charge is 0.262 e. The van der Waals surface area contributed by atoms with E-state index < -0.39 is 33.4 Å². The van der Waals surface area contributed by atoms with E-state index in [0.29, 0.717) is 47.4 Å². The van der Waals surface area contributed by atoms with Crippen LogP contribution in [0.2, 0.25) is 5.02 Å². The number of piperidine rings is 1. The van der Waals surface area contributed by atoms with Crippen molar-refractivity contribution in [3.05, 3.63) is 76.4 Å². The zero-order valence-corrected chi connectivity index (χ0v) is 25.6. The summed E-state index contributed by atoms with van der Waals surface area (Å²) in [5.41, 5.74) is 0.833. The zero-order chi connectivity index (χ0) is 31.0. The summed E-state index contributed by atoms with van der Waals surface area (Å²) in [6.45, 7) is 3.40. The normalized spacial score (nSPS) is 18.8. The van der Waals surface area contributed by atoms with E-state index in [4.69, 9.17) is 16.3 Å². The highest BCUT2D eigenvalue weighted by molar-refractivity contribution is 7.92. The summed E-state index contributed by atoms with van der Waals surface area (Å²) >= 11 is 6.14. The van der Waals surface area contributed by atoms with Crippen molar-refractivity contribution in [3.8, 4) is 11.1 Å². The SMILES string of the molecule is COCCN1CCCC(Nc2ncc3cc(-c4c(F)ccc(NS(=O)(=O)c5cc(Cl)cc6c5CCC6O)c4F)ccc3n2)C1. The number of hydrogen-bond acceptors (Lipinski definition) is 8. The van der Waals surface area contributed by atoms with Gasteiger partial charge in [-0.3, -0.25) is 9.62 Å². The molecule has 1 saturated heterocycles.